The third kappa shape index (κ3) is 4.99. The highest BCUT2D eigenvalue weighted by Gasteiger charge is 2.03. The molecule has 17 heavy (non-hydrogen) atoms. The Labute approximate surface area is 101 Å². The van der Waals surface area contributed by atoms with Gasteiger partial charge in [0.1, 0.15) is 5.82 Å². The van der Waals surface area contributed by atoms with E-state index >= 15 is 0 Å². The topological polar surface area (TPSA) is 29.5 Å². The average molecular weight is 236 g/mol. The van der Waals surface area contributed by atoms with E-state index in [0.717, 1.165) is 0 Å². The number of aliphatic hydroxyl groups excluding tert-OH is 1. The normalized spacial score (nSPS) is 10.2. The lowest BCUT2D eigenvalue weighted by molar-refractivity contribution is 0.0639. The second-order valence-corrected chi connectivity index (χ2v) is 3.94. The number of rotatable bonds is 4. The lowest BCUT2D eigenvalue weighted by Crippen LogP contribution is -2.03. The molecule has 1 aromatic rings. The van der Waals surface area contributed by atoms with Crippen molar-refractivity contribution in [2.45, 2.75) is 33.0 Å². The molecule has 0 aromatic heterocycles. The molecule has 1 aromatic carbocycles. The van der Waals surface area contributed by atoms with Gasteiger partial charge in [-0.15, -0.1) is 0 Å². The summed E-state index contributed by atoms with van der Waals surface area (Å²) in [5.74, 6) is 5.23. The summed E-state index contributed by atoms with van der Waals surface area (Å²) in [5, 5.41) is 8.57. The molecule has 2 nitrogen and oxygen atoms in total. The van der Waals surface area contributed by atoms with Crippen LogP contribution in [0.5, 0.6) is 0 Å². The molecule has 0 bridgehead atoms. The smallest absolute Gasteiger partial charge is 0.129 e. The minimum atomic E-state index is -0.304. The van der Waals surface area contributed by atoms with E-state index in [0.29, 0.717) is 17.5 Å². The number of hydrogen-bond donors (Lipinski definition) is 1. The predicted molar refractivity (Wildman–Crippen MR) is 64.9 cm³/mol. The number of benzene rings is 1. The van der Waals surface area contributed by atoms with Crippen molar-refractivity contribution >= 4 is 0 Å². The van der Waals surface area contributed by atoms with Crippen molar-refractivity contribution in [1.29, 1.82) is 0 Å². The first-order valence-corrected chi connectivity index (χ1v) is 5.63. The fourth-order valence-corrected chi connectivity index (χ4v) is 1.22. The third-order valence-electron chi connectivity index (χ3n) is 2.09. The summed E-state index contributed by atoms with van der Waals surface area (Å²) < 4.78 is 19.0. The van der Waals surface area contributed by atoms with Gasteiger partial charge in [0.05, 0.1) is 19.3 Å². The Morgan fingerprint density at radius 1 is 1.41 bits per heavy atom. The molecule has 0 saturated heterocycles. The van der Waals surface area contributed by atoms with Crippen molar-refractivity contribution < 1.29 is 14.2 Å². The maximum absolute atomic E-state index is 13.6. The third-order valence-corrected chi connectivity index (χ3v) is 2.09. The summed E-state index contributed by atoms with van der Waals surface area (Å²) in [5.41, 5.74) is 1.15. The largest absolute Gasteiger partial charge is 0.395 e. The predicted octanol–water partition coefficient (Wildman–Crippen LogP) is 2.48. The van der Waals surface area contributed by atoms with Crippen molar-refractivity contribution in [3.8, 4) is 11.8 Å². The van der Waals surface area contributed by atoms with Gasteiger partial charge in [-0.1, -0.05) is 17.9 Å². The van der Waals surface area contributed by atoms with E-state index in [9.17, 15) is 4.39 Å². The highest BCUT2D eigenvalue weighted by Crippen LogP contribution is 2.12. The number of aliphatic hydroxyl groups is 1. The molecule has 0 aliphatic heterocycles. The van der Waals surface area contributed by atoms with Crippen LogP contribution in [0.25, 0.3) is 0 Å². The number of halogens is 1. The molecule has 3 heteroatoms. The van der Waals surface area contributed by atoms with E-state index in [1.807, 2.05) is 13.8 Å². The minimum absolute atomic E-state index is 0.0236. The van der Waals surface area contributed by atoms with Gasteiger partial charge < -0.3 is 9.84 Å². The van der Waals surface area contributed by atoms with E-state index in [-0.39, 0.29) is 25.1 Å². The molecule has 0 radical (unpaired) electrons. The van der Waals surface area contributed by atoms with Crippen molar-refractivity contribution in [3.05, 3.63) is 35.1 Å². The number of hydrogen-bond acceptors (Lipinski definition) is 2. The van der Waals surface area contributed by atoms with Gasteiger partial charge in [0.15, 0.2) is 0 Å². The first kappa shape index (κ1) is 13.7. The Balaban J connectivity index is 2.70. The van der Waals surface area contributed by atoms with Gasteiger partial charge in [-0.2, -0.15) is 0 Å². The fraction of sp³-hybridized carbons (Fsp3) is 0.429. The molecule has 0 atom stereocenters. The average Bonchev–Trinajstić information content (AvgIpc) is 2.28. The zero-order valence-electron chi connectivity index (χ0n) is 10.2. The Morgan fingerprint density at radius 3 is 2.76 bits per heavy atom. The Hall–Kier alpha value is -1.37. The molecule has 0 spiro atoms. The van der Waals surface area contributed by atoms with Crippen LogP contribution >= 0.6 is 0 Å². The van der Waals surface area contributed by atoms with Crippen LogP contribution in [0.1, 0.15) is 31.4 Å². The molecule has 0 aliphatic carbocycles. The lowest BCUT2D eigenvalue weighted by Gasteiger charge is -2.08. The number of ether oxygens (including phenoxy) is 1. The monoisotopic (exact) mass is 236 g/mol. The highest BCUT2D eigenvalue weighted by atomic mass is 19.1. The molecule has 1 rings (SSSR count). The molecule has 0 fully saturated rings. The van der Waals surface area contributed by atoms with Crippen LogP contribution in [-0.2, 0) is 11.3 Å². The second-order valence-electron chi connectivity index (χ2n) is 3.94. The SMILES string of the molecule is CC(C)OCc1ccc(C#CCCO)cc1F. The maximum Gasteiger partial charge on any atom is 0.129 e. The van der Waals surface area contributed by atoms with E-state index in [1.165, 1.54) is 6.07 Å². The van der Waals surface area contributed by atoms with Gasteiger partial charge in [-0.25, -0.2) is 4.39 Å². The molecule has 1 N–H and O–H groups in total. The molecule has 92 valence electrons. The van der Waals surface area contributed by atoms with E-state index in [1.54, 1.807) is 12.1 Å². The van der Waals surface area contributed by atoms with Crippen molar-refractivity contribution in [1.82, 2.24) is 0 Å². The van der Waals surface area contributed by atoms with Gasteiger partial charge in [0.25, 0.3) is 0 Å². The summed E-state index contributed by atoms with van der Waals surface area (Å²) in [6.45, 7) is 4.11. The molecular weight excluding hydrogens is 219 g/mol. The quantitative estimate of drug-likeness (QED) is 0.814. The summed E-state index contributed by atoms with van der Waals surface area (Å²) in [6, 6.07) is 4.83. The summed E-state index contributed by atoms with van der Waals surface area (Å²) in [6.07, 6.45) is 0.484. The zero-order chi connectivity index (χ0) is 12.7. The van der Waals surface area contributed by atoms with E-state index in [4.69, 9.17) is 9.84 Å². The molecule has 0 aliphatic rings. The lowest BCUT2D eigenvalue weighted by atomic mass is 10.1. The van der Waals surface area contributed by atoms with Gasteiger partial charge in [-0.05, 0) is 26.0 Å². The van der Waals surface area contributed by atoms with Gasteiger partial charge >= 0.3 is 0 Å². The van der Waals surface area contributed by atoms with Gasteiger partial charge in [0.2, 0.25) is 0 Å². The Kier molecular flexibility index (Phi) is 5.68. The zero-order valence-corrected chi connectivity index (χ0v) is 10.2. The van der Waals surface area contributed by atoms with Crippen LogP contribution in [0.4, 0.5) is 4.39 Å². The second kappa shape index (κ2) is 7.05. The molecule has 0 saturated carbocycles. The Morgan fingerprint density at radius 2 is 2.18 bits per heavy atom. The fourth-order valence-electron chi connectivity index (χ4n) is 1.22. The van der Waals surface area contributed by atoms with Crippen LogP contribution in [0.2, 0.25) is 0 Å². The van der Waals surface area contributed by atoms with Crippen LogP contribution < -0.4 is 0 Å². The van der Waals surface area contributed by atoms with Gasteiger partial charge in [0, 0.05) is 17.5 Å². The van der Waals surface area contributed by atoms with Crippen molar-refractivity contribution in [3.63, 3.8) is 0 Å². The first-order chi connectivity index (χ1) is 8.13. The summed E-state index contributed by atoms with van der Waals surface area (Å²) >= 11 is 0. The molecular formula is C14H17FO2. The van der Waals surface area contributed by atoms with Gasteiger partial charge in [-0.3, -0.25) is 0 Å². The van der Waals surface area contributed by atoms with E-state index in [2.05, 4.69) is 11.8 Å². The van der Waals surface area contributed by atoms with Crippen LogP contribution in [-0.4, -0.2) is 17.8 Å². The summed E-state index contributed by atoms with van der Waals surface area (Å²) in [4.78, 5) is 0. The van der Waals surface area contributed by atoms with E-state index < -0.39 is 0 Å². The molecule has 0 unspecified atom stereocenters. The van der Waals surface area contributed by atoms with Crippen molar-refractivity contribution in [2.24, 2.45) is 0 Å². The van der Waals surface area contributed by atoms with Crippen LogP contribution in [0, 0.1) is 17.7 Å². The molecule has 0 heterocycles. The van der Waals surface area contributed by atoms with Crippen LogP contribution in [0.15, 0.2) is 18.2 Å². The van der Waals surface area contributed by atoms with Crippen LogP contribution in [0.3, 0.4) is 0 Å². The molecule has 0 amide bonds. The first-order valence-electron chi connectivity index (χ1n) is 5.63. The minimum Gasteiger partial charge on any atom is -0.395 e. The standard InChI is InChI=1S/C14H17FO2/c1-11(2)17-10-13-7-6-12(9-14(13)15)5-3-4-8-16/h6-7,9,11,16H,4,8,10H2,1-2H3. The maximum atomic E-state index is 13.6. The Bertz CT molecular complexity index is 416. The summed E-state index contributed by atoms with van der Waals surface area (Å²) in [7, 11) is 0. The van der Waals surface area contributed by atoms with Crippen molar-refractivity contribution in [2.75, 3.05) is 6.61 Å². The highest BCUT2D eigenvalue weighted by molar-refractivity contribution is 5.36.